The molecular weight excluding hydrogens is 284 g/mol. The van der Waals surface area contributed by atoms with E-state index < -0.39 is 0 Å². The molecule has 0 aliphatic heterocycles. The van der Waals surface area contributed by atoms with Crippen molar-refractivity contribution in [1.29, 1.82) is 0 Å². The van der Waals surface area contributed by atoms with E-state index in [1.165, 1.54) is 4.88 Å². The lowest BCUT2D eigenvalue weighted by Crippen LogP contribution is -2.30. The highest BCUT2D eigenvalue weighted by Gasteiger charge is 2.07. The number of thiophene rings is 1. The first-order valence-corrected chi connectivity index (χ1v) is 7.18. The average Bonchev–Trinajstić information content (AvgIpc) is 2.85. The minimum Gasteiger partial charge on any atom is -0.355 e. The molecule has 0 saturated carbocycles. The van der Waals surface area contributed by atoms with E-state index in [1.54, 1.807) is 11.3 Å². The molecule has 0 amide bonds. The second kappa shape index (κ2) is 6.18. The monoisotopic (exact) mass is 296 g/mol. The molecule has 5 heteroatoms. The Kier molecular flexibility index (Phi) is 4.58. The van der Waals surface area contributed by atoms with Gasteiger partial charge in [-0.25, -0.2) is 0 Å². The molecule has 0 saturated heterocycles. The topological polar surface area (TPSA) is 24.1 Å². The molecule has 94 valence electrons. The van der Waals surface area contributed by atoms with Crippen LogP contribution in [0.25, 0.3) is 0 Å². The molecule has 0 fully saturated rings. The van der Waals surface area contributed by atoms with Gasteiger partial charge in [0.05, 0.1) is 6.04 Å². The van der Waals surface area contributed by atoms with Crippen molar-refractivity contribution >= 4 is 46.0 Å². The second-order valence-electron chi connectivity index (χ2n) is 3.84. The van der Waals surface area contributed by atoms with Gasteiger partial charge in [0, 0.05) is 15.6 Å². The second-order valence-corrected chi connectivity index (χ2v) is 5.67. The first-order chi connectivity index (χ1) is 8.65. The maximum Gasteiger partial charge on any atom is 0.171 e. The Balaban J connectivity index is 1.91. The van der Waals surface area contributed by atoms with Gasteiger partial charge in [-0.3, -0.25) is 0 Å². The zero-order valence-corrected chi connectivity index (χ0v) is 12.2. The first-order valence-electron chi connectivity index (χ1n) is 5.51. The Bertz CT molecular complexity index is 508. The van der Waals surface area contributed by atoms with Gasteiger partial charge in [-0.15, -0.1) is 11.3 Å². The molecule has 0 aliphatic carbocycles. The lowest BCUT2D eigenvalue weighted by molar-refractivity contribution is 0.737. The van der Waals surface area contributed by atoms with Crippen molar-refractivity contribution in [2.75, 3.05) is 5.32 Å². The summed E-state index contributed by atoms with van der Waals surface area (Å²) in [6.07, 6.45) is 0. The first kappa shape index (κ1) is 13.3. The summed E-state index contributed by atoms with van der Waals surface area (Å²) in [5, 5.41) is 9.75. The van der Waals surface area contributed by atoms with E-state index in [9.17, 15) is 0 Å². The van der Waals surface area contributed by atoms with E-state index in [-0.39, 0.29) is 6.04 Å². The Morgan fingerprint density at radius 3 is 2.61 bits per heavy atom. The molecule has 2 N–H and O–H groups in total. The number of hydrogen-bond donors (Lipinski definition) is 2. The van der Waals surface area contributed by atoms with Gasteiger partial charge in [0.1, 0.15) is 0 Å². The summed E-state index contributed by atoms with van der Waals surface area (Å²) in [6.45, 7) is 2.08. The minimum atomic E-state index is 0.206. The highest BCUT2D eigenvalue weighted by Crippen LogP contribution is 2.18. The van der Waals surface area contributed by atoms with Gasteiger partial charge in [0.15, 0.2) is 5.11 Å². The van der Waals surface area contributed by atoms with E-state index in [4.69, 9.17) is 23.8 Å². The SMILES string of the molecule is C[C@@H](NC(=S)Nc1ccc(Cl)cc1)c1cccs1. The fourth-order valence-electron chi connectivity index (χ4n) is 1.51. The highest BCUT2D eigenvalue weighted by atomic mass is 35.5. The van der Waals surface area contributed by atoms with Crippen molar-refractivity contribution in [2.24, 2.45) is 0 Å². The van der Waals surface area contributed by atoms with Crippen molar-refractivity contribution in [3.05, 3.63) is 51.7 Å². The van der Waals surface area contributed by atoms with E-state index in [2.05, 4.69) is 29.0 Å². The van der Waals surface area contributed by atoms with Gasteiger partial charge < -0.3 is 10.6 Å². The fourth-order valence-corrected chi connectivity index (χ4v) is 2.66. The molecule has 0 spiro atoms. The number of benzene rings is 1. The maximum absolute atomic E-state index is 5.83. The van der Waals surface area contributed by atoms with Crippen molar-refractivity contribution in [2.45, 2.75) is 13.0 Å². The third-order valence-electron chi connectivity index (χ3n) is 2.42. The van der Waals surface area contributed by atoms with E-state index in [1.807, 2.05) is 30.3 Å². The largest absolute Gasteiger partial charge is 0.355 e. The van der Waals surface area contributed by atoms with Crippen LogP contribution in [0.15, 0.2) is 41.8 Å². The fraction of sp³-hybridized carbons (Fsp3) is 0.154. The Morgan fingerprint density at radius 1 is 1.28 bits per heavy atom. The van der Waals surface area contributed by atoms with Crippen LogP contribution in [0.3, 0.4) is 0 Å². The van der Waals surface area contributed by atoms with Crippen LogP contribution in [0.4, 0.5) is 5.69 Å². The summed E-state index contributed by atoms with van der Waals surface area (Å²) in [4.78, 5) is 1.26. The minimum absolute atomic E-state index is 0.206. The number of thiocarbonyl (C=S) groups is 1. The predicted octanol–water partition coefficient (Wildman–Crippen LogP) is 4.45. The summed E-state index contributed by atoms with van der Waals surface area (Å²) in [6, 6.07) is 11.8. The average molecular weight is 297 g/mol. The molecule has 0 bridgehead atoms. The standard InChI is InChI=1S/C13H13ClN2S2/c1-9(12-3-2-8-18-12)15-13(17)16-11-6-4-10(14)5-7-11/h2-9H,1H3,(H2,15,16,17)/t9-/m1/s1. The van der Waals surface area contributed by atoms with Gasteiger partial charge in [-0.2, -0.15) is 0 Å². The predicted molar refractivity (Wildman–Crippen MR) is 83.5 cm³/mol. The van der Waals surface area contributed by atoms with Crippen LogP contribution in [0.1, 0.15) is 17.8 Å². The van der Waals surface area contributed by atoms with Crippen molar-refractivity contribution in [1.82, 2.24) is 5.32 Å². The third kappa shape index (κ3) is 3.70. The summed E-state index contributed by atoms with van der Waals surface area (Å²) in [5.41, 5.74) is 0.926. The molecule has 1 aromatic carbocycles. The van der Waals surface area contributed by atoms with E-state index >= 15 is 0 Å². The van der Waals surface area contributed by atoms with Crippen molar-refractivity contribution < 1.29 is 0 Å². The summed E-state index contributed by atoms with van der Waals surface area (Å²) < 4.78 is 0. The normalized spacial score (nSPS) is 11.9. The van der Waals surface area contributed by atoms with Crippen LogP contribution in [0.5, 0.6) is 0 Å². The van der Waals surface area contributed by atoms with Gasteiger partial charge in [-0.05, 0) is 54.9 Å². The van der Waals surface area contributed by atoms with Gasteiger partial charge in [0.2, 0.25) is 0 Å². The van der Waals surface area contributed by atoms with E-state index in [0.29, 0.717) is 10.1 Å². The number of nitrogens with one attached hydrogen (secondary N) is 2. The molecule has 1 aromatic heterocycles. The zero-order chi connectivity index (χ0) is 13.0. The summed E-state index contributed by atoms with van der Waals surface area (Å²) in [5.74, 6) is 0. The number of anilines is 1. The molecule has 18 heavy (non-hydrogen) atoms. The van der Waals surface area contributed by atoms with Gasteiger partial charge in [-0.1, -0.05) is 17.7 Å². The molecule has 0 unspecified atom stereocenters. The molecule has 2 nitrogen and oxygen atoms in total. The number of rotatable bonds is 3. The van der Waals surface area contributed by atoms with Crippen LogP contribution in [0, 0.1) is 0 Å². The van der Waals surface area contributed by atoms with Crippen LogP contribution in [0.2, 0.25) is 5.02 Å². The van der Waals surface area contributed by atoms with Crippen molar-refractivity contribution in [3.63, 3.8) is 0 Å². The highest BCUT2D eigenvalue weighted by molar-refractivity contribution is 7.80. The lowest BCUT2D eigenvalue weighted by Gasteiger charge is -2.15. The smallest absolute Gasteiger partial charge is 0.171 e. The van der Waals surface area contributed by atoms with Gasteiger partial charge >= 0.3 is 0 Å². The molecular formula is C13H13ClN2S2. The zero-order valence-electron chi connectivity index (χ0n) is 9.81. The van der Waals surface area contributed by atoms with Gasteiger partial charge in [0.25, 0.3) is 0 Å². The lowest BCUT2D eigenvalue weighted by atomic mass is 10.3. The Morgan fingerprint density at radius 2 is 2.00 bits per heavy atom. The third-order valence-corrected chi connectivity index (χ3v) is 3.95. The van der Waals surface area contributed by atoms with Crippen LogP contribution >= 0.6 is 35.2 Å². The maximum atomic E-state index is 5.83. The Hall–Kier alpha value is -1.10. The van der Waals surface area contributed by atoms with Crippen LogP contribution in [-0.4, -0.2) is 5.11 Å². The molecule has 1 atom stereocenters. The molecule has 1 heterocycles. The van der Waals surface area contributed by atoms with E-state index in [0.717, 1.165) is 5.69 Å². The van der Waals surface area contributed by atoms with Crippen molar-refractivity contribution in [3.8, 4) is 0 Å². The quantitative estimate of drug-likeness (QED) is 0.818. The summed E-state index contributed by atoms with van der Waals surface area (Å²) in [7, 11) is 0. The molecule has 0 radical (unpaired) electrons. The number of halogens is 1. The molecule has 2 aromatic rings. The van der Waals surface area contributed by atoms with Crippen LogP contribution in [-0.2, 0) is 0 Å². The summed E-state index contributed by atoms with van der Waals surface area (Å²) >= 11 is 12.8. The Labute approximate surface area is 121 Å². The molecule has 2 rings (SSSR count). The molecule has 0 aliphatic rings. The van der Waals surface area contributed by atoms with Crippen LogP contribution < -0.4 is 10.6 Å². The number of hydrogen-bond acceptors (Lipinski definition) is 2.